The second kappa shape index (κ2) is 3.28. The van der Waals surface area contributed by atoms with E-state index in [2.05, 4.69) is 0 Å². The molecule has 12 heavy (non-hydrogen) atoms. The Bertz CT molecular complexity index is 344. The van der Waals surface area contributed by atoms with E-state index in [1.165, 1.54) is 0 Å². The molecule has 0 amide bonds. The number of hydrogen-bond acceptors (Lipinski definition) is 2. The van der Waals surface area contributed by atoms with Crippen molar-refractivity contribution in [3.63, 3.8) is 0 Å². The lowest BCUT2D eigenvalue weighted by atomic mass is 10.1. The summed E-state index contributed by atoms with van der Waals surface area (Å²) in [5.41, 5.74) is -0.727. The predicted octanol–water partition coefficient (Wildman–Crippen LogP) is 1.33. The molecule has 0 unspecified atom stereocenters. The van der Waals surface area contributed by atoms with Crippen molar-refractivity contribution in [1.82, 2.24) is 0 Å². The first-order valence-corrected chi connectivity index (χ1v) is 3.18. The Morgan fingerprint density at radius 3 is 2.58 bits per heavy atom. The molecule has 1 aromatic rings. The molecule has 0 aromatic heterocycles. The van der Waals surface area contributed by atoms with Gasteiger partial charge in [-0.1, -0.05) is 0 Å². The summed E-state index contributed by atoms with van der Waals surface area (Å²) in [4.78, 5) is 0. The third-order valence-corrected chi connectivity index (χ3v) is 1.46. The van der Waals surface area contributed by atoms with Gasteiger partial charge in [-0.05, 0) is 12.1 Å². The Hall–Kier alpha value is -1.47. The van der Waals surface area contributed by atoms with Gasteiger partial charge in [0.2, 0.25) is 0 Å². The fourth-order valence-electron chi connectivity index (χ4n) is 0.829. The van der Waals surface area contributed by atoms with Crippen LogP contribution in [0.5, 0.6) is 0 Å². The van der Waals surface area contributed by atoms with E-state index >= 15 is 0 Å². The molecule has 0 heterocycles. The van der Waals surface area contributed by atoms with Crippen LogP contribution in [0.4, 0.5) is 8.78 Å². The zero-order chi connectivity index (χ0) is 9.14. The molecule has 0 radical (unpaired) electrons. The van der Waals surface area contributed by atoms with Crippen molar-refractivity contribution in [2.45, 2.75) is 6.61 Å². The molecular weight excluding hydrogens is 164 g/mol. The number of benzene rings is 1. The molecule has 0 aliphatic carbocycles. The number of rotatable bonds is 1. The predicted molar refractivity (Wildman–Crippen MR) is 37.0 cm³/mol. The van der Waals surface area contributed by atoms with Gasteiger partial charge in [0.25, 0.3) is 0 Å². The zero-order valence-corrected chi connectivity index (χ0v) is 6.01. The normalized spacial score (nSPS) is 9.50. The summed E-state index contributed by atoms with van der Waals surface area (Å²) < 4.78 is 25.6. The molecule has 0 fully saturated rings. The Labute approximate surface area is 67.7 Å². The zero-order valence-electron chi connectivity index (χ0n) is 6.01. The summed E-state index contributed by atoms with van der Waals surface area (Å²) in [5.74, 6) is -1.82. The van der Waals surface area contributed by atoms with Crippen molar-refractivity contribution in [1.29, 1.82) is 5.26 Å². The quantitative estimate of drug-likeness (QED) is 0.689. The third-order valence-electron chi connectivity index (χ3n) is 1.46. The molecule has 1 N–H and O–H groups in total. The SMILES string of the molecule is N#Cc1ccc(F)c(CO)c1F. The topological polar surface area (TPSA) is 44.0 Å². The maximum atomic E-state index is 12.9. The lowest BCUT2D eigenvalue weighted by Gasteiger charge is -2.01. The van der Waals surface area contributed by atoms with Crippen molar-refractivity contribution < 1.29 is 13.9 Å². The molecule has 1 rings (SSSR count). The fourth-order valence-corrected chi connectivity index (χ4v) is 0.829. The van der Waals surface area contributed by atoms with E-state index in [0.717, 1.165) is 12.1 Å². The van der Waals surface area contributed by atoms with Crippen molar-refractivity contribution >= 4 is 0 Å². The average molecular weight is 169 g/mol. The van der Waals surface area contributed by atoms with Crippen LogP contribution in [-0.4, -0.2) is 5.11 Å². The van der Waals surface area contributed by atoms with Crippen molar-refractivity contribution in [2.75, 3.05) is 0 Å². The van der Waals surface area contributed by atoms with E-state index in [1.807, 2.05) is 0 Å². The third kappa shape index (κ3) is 1.27. The van der Waals surface area contributed by atoms with Crippen LogP contribution in [0.3, 0.4) is 0 Å². The molecule has 0 aliphatic heterocycles. The summed E-state index contributed by atoms with van der Waals surface area (Å²) in [5, 5.41) is 16.9. The van der Waals surface area contributed by atoms with Crippen molar-refractivity contribution in [2.24, 2.45) is 0 Å². The lowest BCUT2D eigenvalue weighted by Crippen LogP contribution is -1.97. The standard InChI is InChI=1S/C8H5F2NO/c9-7-2-1-5(3-11)8(10)6(7)4-12/h1-2,12H,4H2. The van der Waals surface area contributed by atoms with Crippen molar-refractivity contribution in [3.05, 3.63) is 34.9 Å². The van der Waals surface area contributed by atoms with Crippen LogP contribution in [0.25, 0.3) is 0 Å². The molecule has 0 spiro atoms. The van der Waals surface area contributed by atoms with E-state index in [9.17, 15) is 8.78 Å². The fraction of sp³-hybridized carbons (Fsp3) is 0.125. The minimum Gasteiger partial charge on any atom is -0.391 e. The van der Waals surface area contributed by atoms with Gasteiger partial charge in [0.15, 0.2) is 0 Å². The first kappa shape index (κ1) is 8.62. The minimum absolute atomic E-state index is 0.263. The molecule has 0 saturated heterocycles. The molecular formula is C8H5F2NO. The summed E-state index contributed by atoms with van der Waals surface area (Å²) in [6, 6.07) is 3.53. The second-order valence-corrected chi connectivity index (χ2v) is 2.16. The molecule has 0 bridgehead atoms. The van der Waals surface area contributed by atoms with Gasteiger partial charge in [0, 0.05) is 0 Å². The summed E-state index contributed by atoms with van der Waals surface area (Å²) >= 11 is 0. The van der Waals surface area contributed by atoms with E-state index in [0.29, 0.717) is 0 Å². The van der Waals surface area contributed by atoms with Gasteiger partial charge in [0.1, 0.15) is 17.7 Å². The van der Waals surface area contributed by atoms with E-state index in [4.69, 9.17) is 10.4 Å². The number of hydrogen-bond donors (Lipinski definition) is 1. The molecule has 62 valence electrons. The van der Waals surface area contributed by atoms with Crippen LogP contribution < -0.4 is 0 Å². The Kier molecular flexibility index (Phi) is 2.36. The Balaban J connectivity index is 3.36. The smallest absolute Gasteiger partial charge is 0.149 e. The van der Waals surface area contributed by atoms with Crippen LogP contribution in [0.15, 0.2) is 12.1 Å². The van der Waals surface area contributed by atoms with Gasteiger partial charge in [-0.25, -0.2) is 8.78 Å². The minimum atomic E-state index is -0.986. The molecule has 1 aromatic carbocycles. The van der Waals surface area contributed by atoms with E-state index in [-0.39, 0.29) is 5.56 Å². The second-order valence-electron chi connectivity index (χ2n) is 2.16. The van der Waals surface area contributed by atoms with Gasteiger partial charge in [-0.3, -0.25) is 0 Å². The van der Waals surface area contributed by atoms with Gasteiger partial charge >= 0.3 is 0 Å². The van der Waals surface area contributed by atoms with Crippen LogP contribution >= 0.6 is 0 Å². The highest BCUT2D eigenvalue weighted by Crippen LogP contribution is 2.15. The van der Waals surface area contributed by atoms with Gasteiger partial charge in [0.05, 0.1) is 17.7 Å². The van der Waals surface area contributed by atoms with E-state index in [1.54, 1.807) is 6.07 Å². The van der Waals surface area contributed by atoms with E-state index < -0.39 is 23.8 Å². The first-order chi connectivity index (χ1) is 5.70. The summed E-state index contributed by atoms with van der Waals surface area (Å²) in [7, 11) is 0. The highest BCUT2D eigenvalue weighted by atomic mass is 19.1. The number of aliphatic hydroxyl groups is 1. The van der Waals surface area contributed by atoms with Crippen LogP contribution in [0, 0.1) is 23.0 Å². The molecule has 0 aliphatic rings. The largest absolute Gasteiger partial charge is 0.391 e. The van der Waals surface area contributed by atoms with Crippen molar-refractivity contribution in [3.8, 4) is 6.07 Å². The number of halogens is 2. The number of aliphatic hydroxyl groups excluding tert-OH is 1. The highest BCUT2D eigenvalue weighted by molar-refractivity contribution is 5.35. The average Bonchev–Trinajstić information content (AvgIpc) is 2.06. The number of nitrogens with zero attached hydrogens (tertiary/aromatic N) is 1. The highest BCUT2D eigenvalue weighted by Gasteiger charge is 2.11. The Morgan fingerprint density at radius 2 is 2.08 bits per heavy atom. The number of nitriles is 1. The first-order valence-electron chi connectivity index (χ1n) is 3.18. The van der Waals surface area contributed by atoms with Crippen LogP contribution in [0.2, 0.25) is 0 Å². The maximum absolute atomic E-state index is 12.9. The molecule has 0 atom stereocenters. The monoisotopic (exact) mass is 169 g/mol. The van der Waals surface area contributed by atoms with Crippen LogP contribution in [0.1, 0.15) is 11.1 Å². The summed E-state index contributed by atoms with van der Waals surface area (Å²) in [6.07, 6.45) is 0. The van der Waals surface area contributed by atoms with Gasteiger partial charge in [-0.2, -0.15) is 5.26 Å². The molecule has 2 nitrogen and oxygen atoms in total. The Morgan fingerprint density at radius 1 is 1.42 bits per heavy atom. The molecule has 4 heteroatoms. The molecule has 0 saturated carbocycles. The maximum Gasteiger partial charge on any atom is 0.149 e. The van der Waals surface area contributed by atoms with Crippen LogP contribution in [-0.2, 0) is 6.61 Å². The van der Waals surface area contributed by atoms with Gasteiger partial charge in [-0.15, -0.1) is 0 Å². The van der Waals surface area contributed by atoms with Gasteiger partial charge < -0.3 is 5.11 Å². The summed E-state index contributed by atoms with van der Waals surface area (Å²) in [6.45, 7) is -0.743. The lowest BCUT2D eigenvalue weighted by molar-refractivity contribution is 0.268.